The van der Waals surface area contributed by atoms with Gasteiger partial charge in [-0.2, -0.15) is 0 Å². The second kappa shape index (κ2) is 12.6. The zero-order valence-electron chi connectivity index (χ0n) is 12.9. The molecule has 1 aromatic rings. The van der Waals surface area contributed by atoms with Crippen molar-refractivity contribution in [3.05, 3.63) is 29.8 Å². The van der Waals surface area contributed by atoms with Crippen LogP contribution in [0.4, 0.5) is 0 Å². The molecule has 0 radical (unpaired) electrons. The zero-order chi connectivity index (χ0) is 16.8. The van der Waals surface area contributed by atoms with Crippen molar-refractivity contribution < 1.29 is 29.3 Å². The maximum Gasteiger partial charge on any atom is 0.414 e. The van der Waals surface area contributed by atoms with Gasteiger partial charge in [-0.25, -0.2) is 9.59 Å². The van der Waals surface area contributed by atoms with Crippen LogP contribution >= 0.6 is 0 Å². The van der Waals surface area contributed by atoms with E-state index >= 15 is 0 Å². The molecule has 0 saturated heterocycles. The maximum atomic E-state index is 9.10. The van der Waals surface area contributed by atoms with Crippen LogP contribution in [0.15, 0.2) is 24.3 Å². The number of hydrogen-bond donors (Lipinski definition) is 3. The van der Waals surface area contributed by atoms with Gasteiger partial charge in [-0.3, -0.25) is 0 Å². The Morgan fingerprint density at radius 3 is 2.45 bits per heavy atom. The van der Waals surface area contributed by atoms with Crippen molar-refractivity contribution in [3.63, 3.8) is 0 Å². The van der Waals surface area contributed by atoms with Crippen LogP contribution in [-0.4, -0.2) is 49.0 Å². The number of nitrogens with one attached hydrogen (secondary N) is 1. The van der Waals surface area contributed by atoms with Crippen molar-refractivity contribution in [2.45, 2.75) is 19.9 Å². The quantitative estimate of drug-likeness (QED) is 0.491. The molecule has 124 valence electrons. The number of methoxy groups -OCH3 is 1. The van der Waals surface area contributed by atoms with Gasteiger partial charge in [-0.1, -0.05) is 12.1 Å². The van der Waals surface area contributed by atoms with E-state index in [2.05, 4.69) is 17.4 Å². The summed E-state index contributed by atoms with van der Waals surface area (Å²) in [6, 6.07) is 8.11. The van der Waals surface area contributed by atoms with Gasteiger partial charge < -0.3 is 25.0 Å². The van der Waals surface area contributed by atoms with Gasteiger partial charge >= 0.3 is 11.9 Å². The molecule has 0 spiro atoms. The minimum absolute atomic E-state index is 0.801. The van der Waals surface area contributed by atoms with E-state index in [1.807, 2.05) is 19.1 Å². The molecule has 0 heterocycles. The van der Waals surface area contributed by atoms with Crippen molar-refractivity contribution in [1.82, 2.24) is 5.32 Å². The van der Waals surface area contributed by atoms with E-state index in [1.54, 1.807) is 7.11 Å². The highest BCUT2D eigenvalue weighted by Gasteiger charge is 2.04. The van der Waals surface area contributed by atoms with Crippen LogP contribution in [0.3, 0.4) is 0 Å². The zero-order valence-corrected chi connectivity index (χ0v) is 12.9. The smallest absolute Gasteiger partial charge is 0.414 e. The molecule has 3 N–H and O–H groups in total. The fraction of sp³-hybridized carbons (Fsp3) is 0.467. The van der Waals surface area contributed by atoms with E-state index in [0.29, 0.717) is 0 Å². The molecule has 0 fully saturated rings. The van der Waals surface area contributed by atoms with Crippen LogP contribution in [-0.2, 0) is 20.9 Å². The number of benzene rings is 1. The van der Waals surface area contributed by atoms with Gasteiger partial charge in [-0.15, -0.1) is 0 Å². The molecule has 0 saturated carbocycles. The first kappa shape index (κ1) is 19.9. The molecule has 0 aliphatic heterocycles. The lowest BCUT2D eigenvalue weighted by atomic mass is 10.2. The third kappa shape index (κ3) is 10.6. The van der Waals surface area contributed by atoms with E-state index < -0.39 is 11.9 Å². The molecule has 0 unspecified atom stereocenters. The number of ether oxygens (including phenoxy) is 2. The lowest BCUT2D eigenvalue weighted by molar-refractivity contribution is -0.159. The normalized spacial score (nSPS) is 9.55. The van der Waals surface area contributed by atoms with Crippen LogP contribution in [0.5, 0.6) is 5.75 Å². The fourth-order valence-electron chi connectivity index (χ4n) is 1.46. The average Bonchev–Trinajstić information content (AvgIpc) is 2.51. The topological polar surface area (TPSA) is 105 Å². The molecular weight excluding hydrogens is 290 g/mol. The monoisotopic (exact) mass is 313 g/mol. The predicted molar refractivity (Wildman–Crippen MR) is 81.1 cm³/mol. The first-order chi connectivity index (χ1) is 10.5. The number of carboxylic acids is 2. The van der Waals surface area contributed by atoms with Crippen LogP contribution in [0.2, 0.25) is 0 Å². The summed E-state index contributed by atoms with van der Waals surface area (Å²) in [6.45, 7) is 5.52. The Labute approximate surface area is 129 Å². The molecule has 0 atom stereocenters. The third-order valence-corrected chi connectivity index (χ3v) is 2.49. The van der Waals surface area contributed by atoms with Gasteiger partial charge in [-0.05, 0) is 37.6 Å². The molecule has 0 amide bonds. The van der Waals surface area contributed by atoms with E-state index in [-0.39, 0.29) is 0 Å². The summed E-state index contributed by atoms with van der Waals surface area (Å²) in [7, 11) is 1.69. The second-order valence-corrected chi connectivity index (χ2v) is 4.19. The van der Waals surface area contributed by atoms with Gasteiger partial charge in [0, 0.05) is 19.8 Å². The minimum Gasteiger partial charge on any atom is -0.497 e. The lowest BCUT2D eigenvalue weighted by Gasteiger charge is -2.06. The molecule has 0 aliphatic rings. The molecule has 7 nitrogen and oxygen atoms in total. The molecule has 22 heavy (non-hydrogen) atoms. The number of carboxylic acid groups (broad SMARTS) is 2. The van der Waals surface area contributed by atoms with Crippen molar-refractivity contribution in [2.24, 2.45) is 0 Å². The predicted octanol–water partition coefficient (Wildman–Crippen LogP) is 1.37. The van der Waals surface area contributed by atoms with Crippen LogP contribution in [0.25, 0.3) is 0 Å². The molecule has 0 aliphatic carbocycles. The van der Waals surface area contributed by atoms with Gasteiger partial charge in [0.05, 0.1) is 7.11 Å². The second-order valence-electron chi connectivity index (χ2n) is 4.19. The summed E-state index contributed by atoms with van der Waals surface area (Å²) in [4.78, 5) is 18.2. The highest BCUT2D eigenvalue weighted by Crippen LogP contribution is 2.11. The number of carbonyl (C=O) groups is 2. The molecule has 7 heteroatoms. The summed E-state index contributed by atoms with van der Waals surface area (Å²) in [5.41, 5.74) is 1.25. The maximum absolute atomic E-state index is 9.10. The molecule has 0 bridgehead atoms. The Morgan fingerprint density at radius 2 is 1.91 bits per heavy atom. The Hall–Kier alpha value is -2.12. The van der Waals surface area contributed by atoms with E-state index in [0.717, 1.165) is 38.5 Å². The summed E-state index contributed by atoms with van der Waals surface area (Å²) in [6.07, 6.45) is 1.05. The molecule has 1 rings (SSSR count). The van der Waals surface area contributed by atoms with E-state index in [1.165, 1.54) is 5.56 Å². The van der Waals surface area contributed by atoms with Crippen LogP contribution in [0, 0.1) is 0 Å². The number of aliphatic carboxylic acids is 2. The van der Waals surface area contributed by atoms with Crippen molar-refractivity contribution >= 4 is 11.9 Å². The van der Waals surface area contributed by atoms with Gasteiger partial charge in [0.1, 0.15) is 5.75 Å². The van der Waals surface area contributed by atoms with Crippen LogP contribution < -0.4 is 10.1 Å². The van der Waals surface area contributed by atoms with E-state index in [4.69, 9.17) is 29.3 Å². The third-order valence-electron chi connectivity index (χ3n) is 2.49. The summed E-state index contributed by atoms with van der Waals surface area (Å²) in [5.74, 6) is -2.74. The SMILES string of the molecule is CCOCCCNCc1cccc(OC)c1.O=C(O)C(=O)O. The standard InChI is InChI=1S/C13H21NO2.C2H2O4/c1-3-16-9-5-8-14-11-12-6-4-7-13(10-12)15-2;3-1(4)2(5)6/h4,6-7,10,14H,3,5,8-9,11H2,1-2H3;(H,3,4)(H,5,6). The van der Waals surface area contributed by atoms with E-state index in [9.17, 15) is 0 Å². The Morgan fingerprint density at radius 1 is 1.23 bits per heavy atom. The Bertz CT molecular complexity index is 437. The average molecular weight is 313 g/mol. The van der Waals surface area contributed by atoms with Crippen molar-refractivity contribution in [1.29, 1.82) is 0 Å². The fourth-order valence-corrected chi connectivity index (χ4v) is 1.46. The number of hydrogen-bond acceptors (Lipinski definition) is 5. The Kier molecular flexibility index (Phi) is 11.4. The first-order valence-corrected chi connectivity index (χ1v) is 6.88. The molecule has 0 aromatic heterocycles. The van der Waals surface area contributed by atoms with Crippen molar-refractivity contribution in [2.75, 3.05) is 26.9 Å². The van der Waals surface area contributed by atoms with Crippen molar-refractivity contribution in [3.8, 4) is 5.75 Å². The van der Waals surface area contributed by atoms with Gasteiger partial charge in [0.25, 0.3) is 0 Å². The number of rotatable bonds is 8. The minimum atomic E-state index is -1.82. The first-order valence-electron chi connectivity index (χ1n) is 6.88. The molecular formula is C15H23NO6. The highest BCUT2D eigenvalue weighted by atomic mass is 16.5. The van der Waals surface area contributed by atoms with Gasteiger partial charge in [0.15, 0.2) is 0 Å². The Balaban J connectivity index is 0.000000626. The largest absolute Gasteiger partial charge is 0.497 e. The van der Waals surface area contributed by atoms with Crippen LogP contribution in [0.1, 0.15) is 18.9 Å². The van der Waals surface area contributed by atoms with Gasteiger partial charge in [0.2, 0.25) is 0 Å². The summed E-state index contributed by atoms with van der Waals surface area (Å²) >= 11 is 0. The highest BCUT2D eigenvalue weighted by molar-refractivity contribution is 6.27. The molecule has 1 aromatic carbocycles. The lowest BCUT2D eigenvalue weighted by Crippen LogP contribution is -2.16. The summed E-state index contributed by atoms with van der Waals surface area (Å²) in [5, 5.41) is 18.2. The summed E-state index contributed by atoms with van der Waals surface area (Å²) < 4.78 is 10.4.